The van der Waals surface area contributed by atoms with Crippen molar-refractivity contribution in [2.45, 2.75) is 63.2 Å². The molecule has 0 aliphatic carbocycles. The Morgan fingerprint density at radius 2 is 1.88 bits per heavy atom. The van der Waals surface area contributed by atoms with Crippen LogP contribution in [0.15, 0.2) is 30.3 Å². The van der Waals surface area contributed by atoms with Crippen LogP contribution in [0.1, 0.15) is 50.6 Å². The molecule has 0 saturated carbocycles. The van der Waals surface area contributed by atoms with Crippen LogP contribution in [0.2, 0.25) is 0 Å². The number of fused-ring (bicyclic) bond motifs is 2. The summed E-state index contributed by atoms with van der Waals surface area (Å²) in [4.78, 5) is 17.7. The lowest BCUT2D eigenvalue weighted by atomic mass is 9.82. The number of hydrogen-bond donors (Lipinski definition) is 1. The molecule has 2 heterocycles. The van der Waals surface area contributed by atoms with Crippen molar-refractivity contribution in [1.82, 2.24) is 15.1 Å². The van der Waals surface area contributed by atoms with Crippen molar-refractivity contribution in [2.24, 2.45) is 0 Å². The number of hydrogen-bond acceptors (Lipinski definition) is 3. The number of carbonyl (C=O) groups excluding carboxylic acids is 1. The zero-order valence-corrected chi connectivity index (χ0v) is 15.2. The highest BCUT2D eigenvalue weighted by atomic mass is 16.2. The highest BCUT2D eigenvalue weighted by Crippen LogP contribution is 2.33. The van der Waals surface area contributed by atoms with Crippen LogP contribution in [0, 0.1) is 0 Å². The number of carbonyl (C=O) groups is 1. The molecule has 2 fully saturated rings. The van der Waals surface area contributed by atoms with Gasteiger partial charge in [-0.25, -0.2) is 0 Å². The first-order valence-corrected chi connectivity index (χ1v) is 9.37. The molecule has 0 aromatic heterocycles. The summed E-state index contributed by atoms with van der Waals surface area (Å²) in [6, 6.07) is 11.5. The first-order chi connectivity index (χ1) is 11.6. The first-order valence-electron chi connectivity index (χ1n) is 9.37. The maximum Gasteiger partial charge on any atom is 0.242 e. The highest BCUT2D eigenvalue weighted by molar-refractivity contribution is 5.83. The third-order valence-corrected chi connectivity index (χ3v) is 5.99. The largest absolute Gasteiger partial charge is 0.352 e. The molecule has 3 unspecified atom stereocenters. The molecule has 2 aliphatic heterocycles. The number of benzene rings is 1. The van der Waals surface area contributed by atoms with Gasteiger partial charge in [0.15, 0.2) is 0 Å². The first kappa shape index (κ1) is 17.4. The third kappa shape index (κ3) is 3.65. The average Bonchev–Trinajstić information content (AvgIpc) is 2.57. The van der Waals surface area contributed by atoms with Crippen LogP contribution in [-0.2, 0) is 4.79 Å². The Kier molecular flexibility index (Phi) is 5.57. The number of nitrogens with one attached hydrogen (secondary N) is 1. The second kappa shape index (κ2) is 7.66. The zero-order chi connectivity index (χ0) is 17.1. The fourth-order valence-electron chi connectivity index (χ4n) is 4.44. The molecule has 1 N–H and O–H groups in total. The smallest absolute Gasteiger partial charge is 0.242 e. The van der Waals surface area contributed by atoms with E-state index in [0.29, 0.717) is 18.1 Å². The Labute approximate surface area is 146 Å². The van der Waals surface area contributed by atoms with Crippen molar-refractivity contribution in [1.29, 1.82) is 0 Å². The van der Waals surface area contributed by atoms with Gasteiger partial charge >= 0.3 is 0 Å². The molecule has 2 aliphatic rings. The molecule has 4 heteroatoms. The summed E-state index contributed by atoms with van der Waals surface area (Å²) in [6.45, 7) is 2.95. The molecule has 1 aromatic rings. The lowest BCUT2D eigenvalue weighted by Crippen LogP contribution is -2.56. The average molecular weight is 329 g/mol. The Morgan fingerprint density at radius 3 is 2.46 bits per heavy atom. The van der Waals surface area contributed by atoms with E-state index >= 15 is 0 Å². The van der Waals surface area contributed by atoms with E-state index < -0.39 is 0 Å². The molecule has 3 atom stereocenters. The minimum atomic E-state index is -0.198. The molecule has 1 aromatic carbocycles. The van der Waals surface area contributed by atoms with Gasteiger partial charge in [0.1, 0.15) is 6.04 Å². The maximum absolute atomic E-state index is 13.0. The maximum atomic E-state index is 13.0. The van der Waals surface area contributed by atoms with Gasteiger partial charge in [-0.2, -0.15) is 0 Å². The van der Waals surface area contributed by atoms with Crippen molar-refractivity contribution >= 4 is 5.91 Å². The van der Waals surface area contributed by atoms with Crippen molar-refractivity contribution in [3.63, 3.8) is 0 Å². The second-order valence-corrected chi connectivity index (χ2v) is 7.47. The lowest BCUT2D eigenvalue weighted by molar-refractivity contribution is -0.127. The quantitative estimate of drug-likeness (QED) is 0.902. The van der Waals surface area contributed by atoms with E-state index in [2.05, 4.69) is 41.2 Å². The van der Waals surface area contributed by atoms with Crippen LogP contribution < -0.4 is 5.32 Å². The van der Waals surface area contributed by atoms with E-state index in [1.54, 1.807) is 0 Å². The summed E-state index contributed by atoms with van der Waals surface area (Å²) in [5.41, 5.74) is 1.08. The second-order valence-electron chi connectivity index (χ2n) is 7.47. The van der Waals surface area contributed by atoms with Crippen molar-refractivity contribution in [3.05, 3.63) is 35.9 Å². The van der Waals surface area contributed by atoms with Gasteiger partial charge in [0, 0.05) is 18.1 Å². The Balaban J connectivity index is 1.70. The van der Waals surface area contributed by atoms with E-state index in [1.165, 1.54) is 19.3 Å². The number of nitrogens with zero attached hydrogens (tertiary/aromatic N) is 2. The summed E-state index contributed by atoms with van der Waals surface area (Å²) in [5.74, 6) is 0.151. The number of piperidine rings is 2. The van der Waals surface area contributed by atoms with Crippen molar-refractivity contribution in [2.75, 3.05) is 20.6 Å². The monoisotopic (exact) mass is 329 g/mol. The molecule has 132 valence electrons. The van der Waals surface area contributed by atoms with Gasteiger partial charge in [-0.1, -0.05) is 43.7 Å². The van der Waals surface area contributed by atoms with Gasteiger partial charge in [0.2, 0.25) is 5.91 Å². The summed E-state index contributed by atoms with van der Waals surface area (Å²) < 4.78 is 0. The van der Waals surface area contributed by atoms with Crippen LogP contribution in [0.25, 0.3) is 0 Å². The van der Waals surface area contributed by atoms with E-state index in [-0.39, 0.29) is 11.9 Å². The van der Waals surface area contributed by atoms with Crippen LogP contribution in [0.3, 0.4) is 0 Å². The van der Waals surface area contributed by atoms with Gasteiger partial charge in [0.25, 0.3) is 0 Å². The number of amides is 1. The van der Waals surface area contributed by atoms with E-state index in [4.69, 9.17) is 0 Å². The predicted molar refractivity (Wildman–Crippen MR) is 97.8 cm³/mol. The molecule has 0 radical (unpaired) electrons. The van der Waals surface area contributed by atoms with Crippen molar-refractivity contribution < 1.29 is 4.79 Å². The minimum absolute atomic E-state index is 0.151. The molecule has 2 bridgehead atoms. The summed E-state index contributed by atoms with van der Waals surface area (Å²) >= 11 is 0. The van der Waals surface area contributed by atoms with Gasteiger partial charge in [-0.3, -0.25) is 9.69 Å². The summed E-state index contributed by atoms with van der Waals surface area (Å²) in [7, 11) is 4.28. The Hall–Kier alpha value is -1.39. The van der Waals surface area contributed by atoms with Gasteiger partial charge < -0.3 is 10.2 Å². The third-order valence-electron chi connectivity index (χ3n) is 5.99. The van der Waals surface area contributed by atoms with E-state index in [1.807, 2.05) is 25.2 Å². The Morgan fingerprint density at radius 1 is 1.25 bits per heavy atom. The van der Waals surface area contributed by atoms with E-state index in [9.17, 15) is 4.79 Å². The van der Waals surface area contributed by atoms with Crippen LogP contribution >= 0.6 is 0 Å². The molecular formula is C20H31N3O. The van der Waals surface area contributed by atoms with Crippen LogP contribution in [-0.4, -0.2) is 54.5 Å². The minimum Gasteiger partial charge on any atom is -0.352 e. The summed E-state index contributed by atoms with van der Waals surface area (Å²) in [5, 5.41) is 3.37. The fraction of sp³-hybridized carbons (Fsp3) is 0.650. The molecule has 2 saturated heterocycles. The molecular weight excluding hydrogens is 298 g/mol. The normalized spacial score (nSPS) is 28.6. The summed E-state index contributed by atoms with van der Waals surface area (Å²) in [6.07, 6.45) is 6.07. The Bertz CT molecular complexity index is 533. The molecule has 0 spiro atoms. The highest BCUT2D eigenvalue weighted by Gasteiger charge is 2.37. The van der Waals surface area contributed by atoms with Gasteiger partial charge in [-0.05, 0) is 51.9 Å². The molecule has 1 amide bonds. The standard InChI is InChI=1S/C20H31N3O/c1-4-22(2)19(15-9-6-5-7-10-15)20(24)21-16-13-17-11-8-12-18(14-16)23(17)3/h5-7,9-10,16-19H,4,8,11-14H2,1-3H3,(H,21,24). The predicted octanol–water partition coefficient (Wildman–Crippen LogP) is 2.81. The van der Waals surface area contributed by atoms with Gasteiger partial charge in [-0.15, -0.1) is 0 Å². The zero-order valence-electron chi connectivity index (χ0n) is 15.2. The van der Waals surface area contributed by atoms with Crippen molar-refractivity contribution in [3.8, 4) is 0 Å². The van der Waals surface area contributed by atoms with Crippen LogP contribution in [0.4, 0.5) is 0 Å². The lowest BCUT2D eigenvalue weighted by Gasteiger charge is -2.47. The topological polar surface area (TPSA) is 35.6 Å². The van der Waals surface area contributed by atoms with Gasteiger partial charge in [0.05, 0.1) is 0 Å². The molecule has 24 heavy (non-hydrogen) atoms. The van der Waals surface area contributed by atoms with Crippen LogP contribution in [0.5, 0.6) is 0 Å². The molecule has 3 rings (SSSR count). The molecule has 4 nitrogen and oxygen atoms in total. The SMILES string of the molecule is CCN(C)C(C(=O)NC1CC2CCCC(C1)N2C)c1ccccc1. The number of likely N-dealkylation sites (N-methyl/N-ethyl adjacent to an activating group) is 1. The van der Waals surface area contributed by atoms with E-state index in [0.717, 1.165) is 24.9 Å². The number of rotatable bonds is 5. The fourth-order valence-corrected chi connectivity index (χ4v) is 4.44.